The first kappa shape index (κ1) is 14.6. The molecule has 0 atom stereocenters. The third kappa shape index (κ3) is 2.15. The molecule has 6 heteroatoms. The molecule has 0 unspecified atom stereocenters. The van der Waals surface area contributed by atoms with Gasteiger partial charge in [-0.05, 0) is 74.2 Å². The van der Waals surface area contributed by atoms with Crippen molar-refractivity contribution >= 4 is 11.4 Å². The molecule has 4 bridgehead atoms. The Morgan fingerprint density at radius 3 is 1.65 bits per heavy atom. The van der Waals surface area contributed by atoms with Gasteiger partial charge in [-0.2, -0.15) is 0 Å². The fourth-order valence-corrected chi connectivity index (χ4v) is 5.83. The third-order valence-electron chi connectivity index (χ3n) is 6.40. The van der Waals surface area contributed by atoms with Gasteiger partial charge in [0, 0.05) is 12.1 Å². The smallest absolute Gasteiger partial charge is 0.258 e. The van der Waals surface area contributed by atoms with Crippen molar-refractivity contribution in [2.75, 3.05) is 0 Å². The van der Waals surface area contributed by atoms with E-state index in [4.69, 9.17) is 0 Å². The number of hydrogen-bond acceptors (Lipinski definition) is 4. The minimum Gasteiger partial charge on any atom is -0.258 e. The van der Waals surface area contributed by atoms with Crippen LogP contribution in [0, 0.1) is 44.9 Å². The minimum absolute atomic E-state index is 0.0715. The fraction of sp³-hybridized carbons (Fsp3) is 0.647. The molecule has 122 valence electrons. The first-order valence-corrected chi connectivity index (χ1v) is 8.32. The molecular weight excluding hydrogens is 296 g/mol. The lowest BCUT2D eigenvalue weighted by Gasteiger charge is -2.57. The van der Waals surface area contributed by atoms with Gasteiger partial charge in [-0.3, -0.25) is 20.2 Å². The SMILES string of the molecule is Cc1c([N+](=O)[O-])cc(C23CC4CC(CC(C4)C2)C3)cc1[N+](=O)[O-]. The largest absolute Gasteiger partial charge is 0.279 e. The summed E-state index contributed by atoms with van der Waals surface area (Å²) in [6.45, 7) is 1.47. The second kappa shape index (κ2) is 4.76. The molecule has 0 saturated heterocycles. The molecule has 6 nitrogen and oxygen atoms in total. The first-order chi connectivity index (χ1) is 10.9. The number of nitro benzene ring substituents is 2. The van der Waals surface area contributed by atoms with Crippen LogP contribution in [0.25, 0.3) is 0 Å². The maximum Gasteiger partial charge on any atom is 0.279 e. The van der Waals surface area contributed by atoms with Gasteiger partial charge in [0.15, 0.2) is 0 Å². The summed E-state index contributed by atoms with van der Waals surface area (Å²) < 4.78 is 0. The molecule has 4 fully saturated rings. The first-order valence-electron chi connectivity index (χ1n) is 8.32. The molecule has 4 aliphatic rings. The Labute approximate surface area is 134 Å². The minimum atomic E-state index is -0.480. The van der Waals surface area contributed by atoms with Crippen LogP contribution < -0.4 is 0 Å². The van der Waals surface area contributed by atoms with Gasteiger partial charge in [0.2, 0.25) is 0 Å². The van der Waals surface area contributed by atoms with Crippen molar-refractivity contribution in [1.29, 1.82) is 0 Å². The molecule has 0 radical (unpaired) electrons. The van der Waals surface area contributed by atoms with E-state index in [1.807, 2.05) is 0 Å². The summed E-state index contributed by atoms with van der Waals surface area (Å²) >= 11 is 0. The van der Waals surface area contributed by atoms with Crippen LogP contribution in [-0.4, -0.2) is 9.85 Å². The summed E-state index contributed by atoms with van der Waals surface area (Å²) in [6.07, 6.45) is 6.93. The van der Waals surface area contributed by atoms with Crippen LogP contribution in [0.1, 0.15) is 49.7 Å². The quantitative estimate of drug-likeness (QED) is 0.615. The van der Waals surface area contributed by atoms with Crippen molar-refractivity contribution in [3.05, 3.63) is 43.5 Å². The number of nitrogens with zero attached hydrogens (tertiary/aromatic N) is 2. The second-order valence-corrected chi connectivity index (χ2v) is 7.85. The van der Waals surface area contributed by atoms with Crippen molar-refractivity contribution in [2.45, 2.75) is 50.9 Å². The Hall–Kier alpha value is -1.98. The Morgan fingerprint density at radius 1 is 0.913 bits per heavy atom. The molecule has 5 rings (SSSR count). The van der Waals surface area contributed by atoms with Crippen LogP contribution in [0.3, 0.4) is 0 Å². The van der Waals surface area contributed by atoms with Crippen LogP contribution in [0.2, 0.25) is 0 Å². The van der Waals surface area contributed by atoms with Gasteiger partial charge in [-0.25, -0.2) is 0 Å². The zero-order valence-electron chi connectivity index (χ0n) is 13.2. The summed E-state index contributed by atoms with van der Waals surface area (Å²) in [5.74, 6) is 2.09. The third-order valence-corrected chi connectivity index (χ3v) is 6.40. The predicted octanol–water partition coefficient (Wildman–Crippen LogP) is 4.28. The number of hydrogen-bond donors (Lipinski definition) is 0. The Morgan fingerprint density at radius 2 is 1.30 bits per heavy atom. The van der Waals surface area contributed by atoms with E-state index in [1.165, 1.54) is 26.2 Å². The zero-order valence-corrected chi connectivity index (χ0v) is 13.2. The average Bonchev–Trinajstić information content (AvgIpc) is 2.45. The number of rotatable bonds is 3. The summed E-state index contributed by atoms with van der Waals surface area (Å²) in [6, 6.07) is 3.24. The molecule has 0 spiro atoms. The number of nitro groups is 2. The molecule has 23 heavy (non-hydrogen) atoms. The monoisotopic (exact) mass is 316 g/mol. The molecule has 0 amide bonds. The number of benzene rings is 1. The van der Waals surface area contributed by atoms with Crippen molar-refractivity contribution in [1.82, 2.24) is 0 Å². The maximum atomic E-state index is 11.4. The Bertz CT molecular complexity index is 642. The van der Waals surface area contributed by atoms with Gasteiger partial charge >= 0.3 is 0 Å². The maximum absolute atomic E-state index is 11.4. The van der Waals surface area contributed by atoms with E-state index in [1.54, 1.807) is 12.1 Å². The van der Waals surface area contributed by atoms with E-state index in [9.17, 15) is 20.2 Å². The van der Waals surface area contributed by atoms with Crippen molar-refractivity contribution < 1.29 is 9.85 Å². The highest BCUT2D eigenvalue weighted by Crippen LogP contribution is 2.61. The topological polar surface area (TPSA) is 86.3 Å². The molecule has 1 aromatic carbocycles. The summed E-state index contributed by atoms with van der Waals surface area (Å²) in [7, 11) is 0. The van der Waals surface area contributed by atoms with Crippen molar-refractivity contribution in [3.8, 4) is 0 Å². The molecule has 0 N–H and O–H groups in total. The van der Waals surface area contributed by atoms with E-state index in [0.29, 0.717) is 17.8 Å². The molecule has 0 heterocycles. The van der Waals surface area contributed by atoms with Crippen LogP contribution in [-0.2, 0) is 5.41 Å². The van der Waals surface area contributed by atoms with Crippen molar-refractivity contribution in [2.24, 2.45) is 17.8 Å². The van der Waals surface area contributed by atoms with E-state index >= 15 is 0 Å². The Kier molecular flexibility index (Phi) is 3.02. The summed E-state index contributed by atoms with van der Waals surface area (Å²) in [5.41, 5.74) is 0.710. The van der Waals surface area contributed by atoms with Crippen LogP contribution >= 0.6 is 0 Å². The van der Waals surface area contributed by atoms with Crippen LogP contribution in [0.5, 0.6) is 0 Å². The average molecular weight is 316 g/mol. The van der Waals surface area contributed by atoms with E-state index in [0.717, 1.165) is 24.8 Å². The van der Waals surface area contributed by atoms with Gasteiger partial charge in [0.1, 0.15) is 5.56 Å². The van der Waals surface area contributed by atoms with Gasteiger partial charge in [0.25, 0.3) is 11.4 Å². The highest BCUT2D eigenvalue weighted by molar-refractivity contribution is 5.57. The van der Waals surface area contributed by atoms with E-state index in [2.05, 4.69) is 0 Å². The highest BCUT2D eigenvalue weighted by Gasteiger charge is 2.52. The predicted molar refractivity (Wildman–Crippen MR) is 84.3 cm³/mol. The lowest BCUT2D eigenvalue weighted by atomic mass is 9.48. The normalized spacial score (nSPS) is 34.6. The molecule has 4 aliphatic carbocycles. The standard InChI is InChI=1S/C17H20N2O4/c1-10-15(18(20)21)5-14(6-16(10)19(22)23)17-7-11-2-12(8-17)4-13(3-11)9-17/h5-6,11-13H,2-4,7-9H2,1H3. The Balaban J connectivity index is 1.85. The molecule has 4 saturated carbocycles. The molecule has 0 aromatic heterocycles. The second-order valence-electron chi connectivity index (χ2n) is 7.85. The lowest BCUT2D eigenvalue weighted by Crippen LogP contribution is -2.48. The molecule has 0 aliphatic heterocycles. The fourth-order valence-electron chi connectivity index (χ4n) is 5.83. The highest BCUT2D eigenvalue weighted by atomic mass is 16.6. The van der Waals surface area contributed by atoms with Gasteiger partial charge < -0.3 is 0 Å². The summed E-state index contributed by atoms with van der Waals surface area (Å²) in [5, 5.41) is 22.7. The zero-order chi connectivity index (χ0) is 16.4. The van der Waals surface area contributed by atoms with Crippen LogP contribution in [0.15, 0.2) is 12.1 Å². The van der Waals surface area contributed by atoms with Crippen LogP contribution in [0.4, 0.5) is 11.4 Å². The van der Waals surface area contributed by atoms with Crippen molar-refractivity contribution in [3.63, 3.8) is 0 Å². The molecule has 1 aromatic rings. The van der Waals surface area contributed by atoms with Gasteiger partial charge in [0.05, 0.1) is 9.85 Å². The van der Waals surface area contributed by atoms with E-state index in [-0.39, 0.29) is 22.4 Å². The van der Waals surface area contributed by atoms with Gasteiger partial charge in [-0.15, -0.1) is 0 Å². The van der Waals surface area contributed by atoms with E-state index < -0.39 is 9.85 Å². The molecular formula is C17H20N2O4. The summed E-state index contributed by atoms with van der Waals surface area (Å²) in [4.78, 5) is 21.8. The van der Waals surface area contributed by atoms with Gasteiger partial charge in [-0.1, -0.05) is 0 Å². The lowest BCUT2D eigenvalue weighted by molar-refractivity contribution is -0.395.